The van der Waals surface area contributed by atoms with Crippen LogP contribution in [0, 0.1) is 20.8 Å². The molecule has 0 unspecified atom stereocenters. The molecule has 0 aliphatic rings. The van der Waals surface area contributed by atoms with Gasteiger partial charge in [-0.1, -0.05) is 82.9 Å². The van der Waals surface area contributed by atoms with Crippen molar-refractivity contribution in [3.63, 3.8) is 0 Å². The molecular formula is C31H33BrO7. The van der Waals surface area contributed by atoms with Crippen LogP contribution in [0.5, 0.6) is 0 Å². The van der Waals surface area contributed by atoms with Crippen LogP contribution >= 0.6 is 15.9 Å². The largest absolute Gasteiger partial charge is 0.461 e. The highest BCUT2D eigenvalue weighted by atomic mass is 79.9. The van der Waals surface area contributed by atoms with Gasteiger partial charge in [-0.25, -0.2) is 14.4 Å². The number of carbonyl (C=O) groups is 4. The average Bonchev–Trinajstić information content (AvgIpc) is 2.95. The highest BCUT2D eigenvalue weighted by Gasteiger charge is 2.36. The molecule has 0 fully saturated rings. The molecule has 0 saturated heterocycles. The van der Waals surface area contributed by atoms with E-state index in [2.05, 4.69) is 15.9 Å². The molecular weight excluding hydrogens is 564 g/mol. The molecule has 8 heteroatoms. The van der Waals surface area contributed by atoms with Gasteiger partial charge in [0.2, 0.25) is 0 Å². The Kier molecular flexibility index (Phi) is 12.6. The molecule has 0 amide bonds. The Labute approximate surface area is 237 Å². The number of esters is 3. The number of carbonyl (C=O) groups excluding carboxylic acids is 4. The quantitative estimate of drug-likeness (QED) is 0.119. The van der Waals surface area contributed by atoms with E-state index in [9.17, 15) is 19.2 Å². The lowest BCUT2D eigenvalue weighted by Gasteiger charge is -2.27. The van der Waals surface area contributed by atoms with Crippen LogP contribution in [-0.4, -0.2) is 47.8 Å². The molecule has 0 aromatic heterocycles. The zero-order valence-electron chi connectivity index (χ0n) is 22.7. The third kappa shape index (κ3) is 9.48. The van der Waals surface area contributed by atoms with Gasteiger partial charge in [0, 0.05) is 0 Å². The normalized spacial score (nSPS) is 12.6. The Bertz CT molecular complexity index is 1240. The maximum absolute atomic E-state index is 12.9. The molecule has 0 saturated carbocycles. The Hall–Kier alpha value is -3.78. The standard InChI is InChI=1S/C29H27BrO7.C2H6/c1-18-4-10-21(11-5-18)27(32)35-17-24(30)26(37-29(34)23-14-8-20(3)9-15-23)25(16-31)36-28(33)22-12-6-19(2)7-13-22;1-2/h4-16,24-26H,17H2,1-3H3;1-2H3/t24-,25-,26+;/m1./s1. The summed E-state index contributed by atoms with van der Waals surface area (Å²) in [5.74, 6) is -2.07. The van der Waals surface area contributed by atoms with Crippen LogP contribution in [0.1, 0.15) is 61.6 Å². The summed E-state index contributed by atoms with van der Waals surface area (Å²) in [7, 11) is 0. The van der Waals surface area contributed by atoms with Crippen molar-refractivity contribution in [2.45, 2.75) is 51.7 Å². The molecule has 0 spiro atoms. The molecule has 0 radical (unpaired) electrons. The SMILES string of the molecule is CC.Cc1ccc(C(=O)OC[C@@H](Br)[C@H](OC(=O)c2ccc(C)cc2)[C@@H](C=O)OC(=O)c2ccc(C)cc2)cc1. The molecule has 3 rings (SSSR count). The lowest BCUT2D eigenvalue weighted by Crippen LogP contribution is -2.44. The fourth-order valence-electron chi connectivity index (χ4n) is 3.30. The van der Waals surface area contributed by atoms with E-state index in [1.54, 1.807) is 72.8 Å². The average molecular weight is 598 g/mol. The number of ether oxygens (including phenoxy) is 3. The second kappa shape index (κ2) is 15.6. The second-order valence-corrected chi connectivity index (χ2v) is 9.76. The van der Waals surface area contributed by atoms with Crippen molar-refractivity contribution in [1.82, 2.24) is 0 Å². The number of halogens is 1. The van der Waals surface area contributed by atoms with E-state index in [0.717, 1.165) is 16.7 Å². The van der Waals surface area contributed by atoms with Gasteiger partial charge >= 0.3 is 17.9 Å². The lowest BCUT2D eigenvalue weighted by atomic mass is 10.1. The van der Waals surface area contributed by atoms with E-state index in [1.807, 2.05) is 34.6 Å². The van der Waals surface area contributed by atoms with Crippen molar-refractivity contribution in [3.8, 4) is 0 Å². The minimum atomic E-state index is -1.47. The van der Waals surface area contributed by atoms with Crippen LogP contribution < -0.4 is 0 Å². The zero-order chi connectivity index (χ0) is 28.9. The summed E-state index contributed by atoms with van der Waals surface area (Å²) in [5.41, 5.74) is 3.72. The Morgan fingerprint density at radius 2 is 1.03 bits per heavy atom. The maximum Gasteiger partial charge on any atom is 0.338 e. The van der Waals surface area contributed by atoms with Gasteiger partial charge in [0.1, 0.15) is 6.61 Å². The fraction of sp³-hybridized carbons (Fsp3) is 0.290. The Balaban J connectivity index is 0.00000260. The predicted octanol–water partition coefficient (Wildman–Crippen LogP) is 6.21. The van der Waals surface area contributed by atoms with Crippen molar-refractivity contribution < 1.29 is 33.4 Å². The van der Waals surface area contributed by atoms with E-state index >= 15 is 0 Å². The summed E-state index contributed by atoms with van der Waals surface area (Å²) in [4.78, 5) is 49.2. The van der Waals surface area contributed by atoms with Crippen molar-refractivity contribution >= 4 is 40.1 Å². The van der Waals surface area contributed by atoms with Crippen molar-refractivity contribution in [2.75, 3.05) is 6.61 Å². The molecule has 39 heavy (non-hydrogen) atoms. The van der Waals surface area contributed by atoms with Gasteiger partial charge in [0.05, 0.1) is 21.5 Å². The third-order valence-corrected chi connectivity index (χ3v) is 6.32. The first-order chi connectivity index (χ1) is 18.7. The first-order valence-corrected chi connectivity index (χ1v) is 13.5. The van der Waals surface area contributed by atoms with Crippen LogP contribution in [0.3, 0.4) is 0 Å². The van der Waals surface area contributed by atoms with Gasteiger partial charge in [-0.05, 0) is 57.2 Å². The summed E-state index contributed by atoms with van der Waals surface area (Å²) < 4.78 is 16.4. The number of alkyl halides is 1. The summed E-state index contributed by atoms with van der Waals surface area (Å²) in [6.45, 7) is 9.39. The molecule has 3 atom stereocenters. The summed E-state index contributed by atoms with van der Waals surface area (Å²) in [6.07, 6.45) is -2.37. The first kappa shape index (κ1) is 31.4. The van der Waals surface area contributed by atoms with E-state index in [4.69, 9.17) is 14.2 Å². The van der Waals surface area contributed by atoms with Crippen LogP contribution in [0.4, 0.5) is 0 Å². The van der Waals surface area contributed by atoms with E-state index in [1.165, 1.54) is 0 Å². The molecule has 206 valence electrons. The monoisotopic (exact) mass is 596 g/mol. The smallest absolute Gasteiger partial charge is 0.338 e. The van der Waals surface area contributed by atoms with E-state index in [-0.39, 0.29) is 17.7 Å². The molecule has 7 nitrogen and oxygen atoms in total. The van der Waals surface area contributed by atoms with E-state index < -0.39 is 34.9 Å². The van der Waals surface area contributed by atoms with Crippen LogP contribution in [0.25, 0.3) is 0 Å². The number of aldehydes is 1. The van der Waals surface area contributed by atoms with Gasteiger partial charge < -0.3 is 14.2 Å². The molecule has 0 N–H and O–H groups in total. The molecule has 0 aliphatic carbocycles. The van der Waals surface area contributed by atoms with Gasteiger partial charge in [0.15, 0.2) is 18.5 Å². The van der Waals surface area contributed by atoms with Crippen LogP contribution in [-0.2, 0) is 19.0 Å². The Morgan fingerprint density at radius 3 is 1.41 bits per heavy atom. The van der Waals surface area contributed by atoms with Crippen LogP contribution in [0.2, 0.25) is 0 Å². The number of hydrogen-bond acceptors (Lipinski definition) is 7. The zero-order valence-corrected chi connectivity index (χ0v) is 24.3. The molecule has 0 heterocycles. The summed E-state index contributed by atoms with van der Waals surface area (Å²) in [5, 5.41) is 0. The third-order valence-electron chi connectivity index (χ3n) is 5.54. The van der Waals surface area contributed by atoms with Gasteiger partial charge in [-0.2, -0.15) is 0 Å². The highest BCUT2D eigenvalue weighted by molar-refractivity contribution is 9.09. The van der Waals surface area contributed by atoms with Crippen molar-refractivity contribution in [3.05, 3.63) is 106 Å². The summed E-state index contributed by atoms with van der Waals surface area (Å²) >= 11 is 3.36. The van der Waals surface area contributed by atoms with Gasteiger partial charge in [0.25, 0.3) is 0 Å². The highest BCUT2D eigenvalue weighted by Crippen LogP contribution is 2.20. The second-order valence-electron chi connectivity index (χ2n) is 8.59. The Morgan fingerprint density at radius 1 is 0.667 bits per heavy atom. The molecule has 0 bridgehead atoms. The number of benzene rings is 3. The van der Waals surface area contributed by atoms with Gasteiger partial charge in [-0.15, -0.1) is 0 Å². The number of rotatable bonds is 10. The van der Waals surface area contributed by atoms with E-state index in [0.29, 0.717) is 11.8 Å². The van der Waals surface area contributed by atoms with Gasteiger partial charge in [-0.3, -0.25) is 4.79 Å². The molecule has 3 aromatic rings. The topological polar surface area (TPSA) is 96.0 Å². The van der Waals surface area contributed by atoms with Crippen LogP contribution in [0.15, 0.2) is 72.8 Å². The first-order valence-electron chi connectivity index (χ1n) is 12.6. The lowest BCUT2D eigenvalue weighted by molar-refractivity contribution is -0.122. The number of aryl methyl sites for hydroxylation is 3. The number of hydrogen-bond donors (Lipinski definition) is 0. The van der Waals surface area contributed by atoms with Crippen molar-refractivity contribution in [2.24, 2.45) is 0 Å². The molecule has 0 aliphatic heterocycles. The maximum atomic E-state index is 12.9. The minimum absolute atomic E-state index is 0.234. The summed E-state index contributed by atoms with van der Waals surface area (Å²) in [6, 6.07) is 20.1. The molecule has 3 aromatic carbocycles. The van der Waals surface area contributed by atoms with Crippen molar-refractivity contribution in [1.29, 1.82) is 0 Å². The predicted molar refractivity (Wildman–Crippen MR) is 152 cm³/mol. The fourth-order valence-corrected chi connectivity index (χ4v) is 3.85. The minimum Gasteiger partial charge on any atom is -0.461 e.